The number of ether oxygens (including phenoxy) is 1. The summed E-state index contributed by atoms with van der Waals surface area (Å²) in [4.78, 5) is 15.0. The highest BCUT2D eigenvalue weighted by atomic mass is 32.2. The molecule has 1 N–H and O–H groups in total. The molecule has 7 nitrogen and oxygen atoms in total. The van der Waals surface area contributed by atoms with Crippen LogP contribution >= 0.6 is 11.8 Å². The van der Waals surface area contributed by atoms with Gasteiger partial charge in [-0.3, -0.25) is 4.79 Å². The monoisotopic (exact) mass is 425 g/mol. The predicted octanol–water partition coefficient (Wildman–Crippen LogP) is 3.15. The topological polar surface area (TPSA) is 88.1 Å². The minimum Gasteiger partial charge on any atom is -0.433 e. The maximum absolute atomic E-state index is 12.6. The number of halogens is 2. The van der Waals surface area contributed by atoms with Crippen LogP contribution in [0.5, 0.6) is 5.75 Å². The maximum Gasteiger partial charge on any atom is 0.387 e. The number of hydrogen-bond acceptors (Lipinski definition) is 6. The molecule has 28 heavy (non-hydrogen) atoms. The van der Waals surface area contributed by atoms with Gasteiger partial charge in [0.2, 0.25) is 0 Å². The summed E-state index contributed by atoms with van der Waals surface area (Å²) in [6.07, 6.45) is 0. The van der Waals surface area contributed by atoms with Crippen LogP contribution in [0.15, 0.2) is 51.8 Å². The lowest BCUT2D eigenvalue weighted by molar-refractivity contribution is -0.0493. The zero-order valence-corrected chi connectivity index (χ0v) is 15.8. The standard InChI is InChI=1S/C17H13F2N3O4S2/c18-16(19)26-13-4-2-1-3-11(13)20-15(23)10-5-6-12-14(9-10)27-17-21-28(24,25)8-7-22(12)17/h1-6,9,16H,7-8H2,(H,20,23). The van der Waals surface area contributed by atoms with Gasteiger partial charge in [-0.1, -0.05) is 12.1 Å². The van der Waals surface area contributed by atoms with E-state index in [1.165, 1.54) is 18.2 Å². The second-order valence-electron chi connectivity index (χ2n) is 5.92. The lowest BCUT2D eigenvalue weighted by Crippen LogP contribution is -2.35. The first kappa shape index (κ1) is 18.7. The van der Waals surface area contributed by atoms with E-state index in [-0.39, 0.29) is 17.2 Å². The Bertz CT molecular complexity index is 1090. The highest BCUT2D eigenvalue weighted by molar-refractivity contribution is 8.15. The summed E-state index contributed by atoms with van der Waals surface area (Å²) in [5.41, 5.74) is 1.19. The van der Waals surface area contributed by atoms with Gasteiger partial charge in [0, 0.05) is 17.0 Å². The Morgan fingerprint density at radius 1 is 1.25 bits per heavy atom. The van der Waals surface area contributed by atoms with Gasteiger partial charge in [0.15, 0.2) is 5.17 Å². The first-order chi connectivity index (χ1) is 13.3. The first-order valence-electron chi connectivity index (χ1n) is 8.10. The SMILES string of the molecule is O=C(Nc1ccccc1OC(F)F)c1ccc2c(c1)SC1=NS(=O)(=O)CCN12. The number of alkyl halides is 2. The van der Waals surface area contributed by atoms with E-state index in [4.69, 9.17) is 0 Å². The summed E-state index contributed by atoms with van der Waals surface area (Å²) in [5.74, 6) is -0.717. The van der Waals surface area contributed by atoms with Crippen molar-refractivity contribution in [1.82, 2.24) is 0 Å². The molecule has 2 aromatic rings. The Hall–Kier alpha value is -2.66. The predicted molar refractivity (Wildman–Crippen MR) is 102 cm³/mol. The third kappa shape index (κ3) is 3.67. The van der Waals surface area contributed by atoms with Crippen molar-refractivity contribution in [3.8, 4) is 5.75 Å². The van der Waals surface area contributed by atoms with Crippen molar-refractivity contribution in [3.63, 3.8) is 0 Å². The molecule has 0 fully saturated rings. The fourth-order valence-corrected chi connectivity index (χ4v) is 5.13. The molecule has 0 bridgehead atoms. The van der Waals surface area contributed by atoms with E-state index in [9.17, 15) is 22.0 Å². The largest absolute Gasteiger partial charge is 0.433 e. The summed E-state index contributed by atoms with van der Waals surface area (Å²) < 4.78 is 56.5. The normalized spacial score (nSPS) is 17.0. The Balaban J connectivity index is 1.58. The van der Waals surface area contributed by atoms with Crippen molar-refractivity contribution in [3.05, 3.63) is 48.0 Å². The molecule has 2 heterocycles. The van der Waals surface area contributed by atoms with Gasteiger partial charge in [0.1, 0.15) is 5.75 Å². The van der Waals surface area contributed by atoms with Crippen LogP contribution in [0.2, 0.25) is 0 Å². The molecule has 2 aliphatic rings. The summed E-state index contributed by atoms with van der Waals surface area (Å²) in [7, 11) is -3.47. The molecule has 2 aromatic carbocycles. The number of amides is 1. The molecule has 0 saturated heterocycles. The second kappa shape index (κ2) is 7.06. The van der Waals surface area contributed by atoms with E-state index in [1.54, 1.807) is 29.2 Å². The average Bonchev–Trinajstić information content (AvgIpc) is 2.98. The molecule has 0 atom stereocenters. The van der Waals surface area contributed by atoms with Crippen LogP contribution in [0, 0.1) is 0 Å². The van der Waals surface area contributed by atoms with Crippen LogP contribution in [0.25, 0.3) is 0 Å². The molecule has 11 heteroatoms. The first-order valence-corrected chi connectivity index (χ1v) is 10.5. The molecule has 0 aromatic heterocycles. The Morgan fingerprint density at radius 2 is 2.04 bits per heavy atom. The average molecular weight is 425 g/mol. The van der Waals surface area contributed by atoms with E-state index in [2.05, 4.69) is 14.5 Å². The molecular formula is C17H13F2N3O4S2. The van der Waals surface area contributed by atoms with Crippen LogP contribution in [0.3, 0.4) is 0 Å². The number of para-hydroxylation sites is 2. The van der Waals surface area contributed by atoms with Crippen molar-refractivity contribution in [1.29, 1.82) is 0 Å². The summed E-state index contributed by atoms with van der Waals surface area (Å²) in [5, 5.41) is 2.91. The molecule has 0 saturated carbocycles. The smallest absolute Gasteiger partial charge is 0.387 e. The fraction of sp³-hybridized carbons (Fsp3) is 0.176. The van der Waals surface area contributed by atoms with E-state index in [1.807, 2.05) is 0 Å². The van der Waals surface area contributed by atoms with Crippen LogP contribution < -0.4 is 15.0 Å². The number of thioether (sulfide) groups is 1. The minimum atomic E-state index is -3.47. The van der Waals surface area contributed by atoms with E-state index in [0.717, 1.165) is 17.4 Å². The summed E-state index contributed by atoms with van der Waals surface area (Å²) in [6, 6.07) is 10.8. The van der Waals surface area contributed by atoms with Gasteiger partial charge in [-0.2, -0.15) is 8.78 Å². The van der Waals surface area contributed by atoms with Crippen LogP contribution in [0.4, 0.5) is 20.2 Å². The highest BCUT2D eigenvalue weighted by Crippen LogP contribution is 2.42. The molecular weight excluding hydrogens is 412 g/mol. The Labute approximate surface area is 163 Å². The lowest BCUT2D eigenvalue weighted by Gasteiger charge is -2.22. The Morgan fingerprint density at radius 3 is 2.82 bits per heavy atom. The number of amidine groups is 1. The van der Waals surface area contributed by atoms with Crippen LogP contribution in [0.1, 0.15) is 10.4 Å². The quantitative estimate of drug-likeness (QED) is 0.810. The number of nitrogens with one attached hydrogen (secondary N) is 1. The van der Waals surface area contributed by atoms with Crippen LogP contribution in [-0.2, 0) is 10.0 Å². The summed E-state index contributed by atoms with van der Waals surface area (Å²) >= 11 is 1.16. The lowest BCUT2D eigenvalue weighted by atomic mass is 10.1. The molecule has 0 spiro atoms. The third-order valence-corrected chi connectivity index (χ3v) is 6.39. The second-order valence-corrected chi connectivity index (χ2v) is 8.69. The molecule has 2 aliphatic heterocycles. The molecule has 146 valence electrons. The van der Waals surface area contributed by atoms with Gasteiger partial charge >= 0.3 is 6.61 Å². The van der Waals surface area contributed by atoms with Crippen molar-refractivity contribution >= 4 is 44.2 Å². The molecule has 4 rings (SSSR count). The summed E-state index contributed by atoms with van der Waals surface area (Å²) in [6.45, 7) is -2.71. The van der Waals surface area contributed by atoms with Gasteiger partial charge in [0.25, 0.3) is 15.9 Å². The minimum absolute atomic E-state index is 0.0698. The van der Waals surface area contributed by atoms with Gasteiger partial charge in [-0.05, 0) is 42.1 Å². The zero-order chi connectivity index (χ0) is 19.9. The van der Waals surface area contributed by atoms with Gasteiger partial charge < -0.3 is 15.0 Å². The third-order valence-electron chi connectivity index (χ3n) is 4.09. The number of carbonyl (C=O) groups is 1. The van der Waals surface area contributed by atoms with Crippen molar-refractivity contribution in [2.75, 3.05) is 22.5 Å². The van der Waals surface area contributed by atoms with Gasteiger partial charge in [0.05, 0.1) is 17.1 Å². The van der Waals surface area contributed by atoms with Gasteiger partial charge in [-0.15, -0.1) is 4.40 Å². The molecule has 0 unspecified atom stereocenters. The Kier molecular flexibility index (Phi) is 4.71. The van der Waals surface area contributed by atoms with Crippen molar-refractivity contribution in [2.24, 2.45) is 4.40 Å². The van der Waals surface area contributed by atoms with Crippen LogP contribution in [-0.4, -0.2) is 38.4 Å². The molecule has 1 amide bonds. The number of rotatable bonds is 4. The maximum atomic E-state index is 12.6. The number of anilines is 2. The molecule has 0 aliphatic carbocycles. The van der Waals surface area contributed by atoms with E-state index in [0.29, 0.717) is 22.2 Å². The highest BCUT2D eigenvalue weighted by Gasteiger charge is 2.33. The van der Waals surface area contributed by atoms with E-state index < -0.39 is 22.5 Å². The number of benzene rings is 2. The number of nitrogens with zero attached hydrogens (tertiary/aromatic N) is 2. The fourth-order valence-electron chi connectivity index (χ4n) is 2.84. The van der Waals surface area contributed by atoms with Crippen molar-refractivity contribution in [2.45, 2.75) is 11.5 Å². The van der Waals surface area contributed by atoms with Crippen molar-refractivity contribution < 1.29 is 26.7 Å². The number of sulfonamides is 1. The zero-order valence-electron chi connectivity index (χ0n) is 14.1. The van der Waals surface area contributed by atoms with E-state index >= 15 is 0 Å². The van der Waals surface area contributed by atoms with Gasteiger partial charge in [-0.25, -0.2) is 8.42 Å². The molecule has 0 radical (unpaired) electrons. The number of carbonyl (C=O) groups excluding carboxylic acids is 1. The number of fused-ring (bicyclic) bond motifs is 3. The number of hydrogen-bond donors (Lipinski definition) is 1.